The summed E-state index contributed by atoms with van der Waals surface area (Å²) in [7, 11) is 0. The second-order valence-electron chi connectivity index (χ2n) is 7.53. The number of nitrogens with zero attached hydrogens (tertiary/aromatic N) is 10. The zero-order valence-corrected chi connectivity index (χ0v) is 15.6. The fourth-order valence-electron chi connectivity index (χ4n) is 3.95. The van der Waals surface area contributed by atoms with Gasteiger partial charge < -0.3 is 9.80 Å². The third-order valence-corrected chi connectivity index (χ3v) is 5.57. The van der Waals surface area contributed by atoms with Crippen molar-refractivity contribution in [3.05, 3.63) is 36.2 Å². The lowest BCUT2D eigenvalue weighted by atomic mass is 10.2. The second-order valence-corrected chi connectivity index (χ2v) is 7.53. The van der Waals surface area contributed by atoms with E-state index in [0.29, 0.717) is 11.7 Å². The number of aryl methyl sites for hydroxylation is 1. The molecule has 0 N–H and O–H groups in total. The standard InChI is InChI=1S/C18H20N10/c1-12-8-16(28-18(22-12)19-10-21-28)26-6-4-25(5-7-26)15-9-14(13-2-3-13)24-27-11-20-23-17(15)27/h8-11,13H,2-7H2,1H3. The molecule has 6 rings (SSSR count). The molecule has 0 bridgehead atoms. The minimum Gasteiger partial charge on any atom is -0.365 e. The van der Waals surface area contributed by atoms with Gasteiger partial charge >= 0.3 is 0 Å². The number of hydrogen-bond donors (Lipinski definition) is 0. The van der Waals surface area contributed by atoms with E-state index in [1.165, 1.54) is 12.8 Å². The number of rotatable bonds is 3. The SMILES string of the molecule is Cc1cc(N2CCN(c3cc(C4CC4)nn4cnnc34)CC2)n2ncnc2n1. The molecule has 2 fully saturated rings. The van der Waals surface area contributed by atoms with E-state index in [4.69, 9.17) is 0 Å². The third-order valence-electron chi connectivity index (χ3n) is 5.57. The first-order chi connectivity index (χ1) is 13.8. The Kier molecular flexibility index (Phi) is 3.28. The van der Waals surface area contributed by atoms with Crippen LogP contribution in [0.3, 0.4) is 0 Å². The van der Waals surface area contributed by atoms with Crippen LogP contribution in [0.1, 0.15) is 30.1 Å². The van der Waals surface area contributed by atoms with Crippen LogP contribution in [0.4, 0.5) is 11.5 Å². The number of fused-ring (bicyclic) bond motifs is 2. The topological polar surface area (TPSA) is 92.6 Å². The molecular weight excluding hydrogens is 356 g/mol. The molecule has 0 radical (unpaired) electrons. The van der Waals surface area contributed by atoms with Crippen molar-refractivity contribution in [2.45, 2.75) is 25.7 Å². The Bertz CT molecular complexity index is 1170. The summed E-state index contributed by atoms with van der Waals surface area (Å²) < 4.78 is 3.64. The zero-order chi connectivity index (χ0) is 18.7. The highest BCUT2D eigenvalue weighted by Gasteiger charge is 2.29. The highest BCUT2D eigenvalue weighted by atomic mass is 15.4. The van der Waals surface area contributed by atoms with Gasteiger partial charge in [0, 0.05) is 43.9 Å². The molecule has 1 saturated heterocycles. The van der Waals surface area contributed by atoms with Crippen LogP contribution in [0.25, 0.3) is 11.4 Å². The van der Waals surface area contributed by atoms with Gasteiger partial charge in [-0.2, -0.15) is 24.2 Å². The van der Waals surface area contributed by atoms with Crippen molar-refractivity contribution in [3.63, 3.8) is 0 Å². The molecule has 0 aromatic carbocycles. The number of piperazine rings is 1. The summed E-state index contributed by atoms with van der Waals surface area (Å²) >= 11 is 0. The Labute approximate surface area is 160 Å². The lowest BCUT2D eigenvalue weighted by Crippen LogP contribution is -2.47. The minimum absolute atomic E-state index is 0.590. The average Bonchev–Trinajstić information content (AvgIpc) is 3.27. The average molecular weight is 376 g/mol. The van der Waals surface area contributed by atoms with Gasteiger partial charge in [0.25, 0.3) is 5.78 Å². The Morgan fingerprint density at radius 3 is 2.68 bits per heavy atom. The van der Waals surface area contributed by atoms with Gasteiger partial charge in [-0.25, -0.2) is 4.98 Å². The van der Waals surface area contributed by atoms with E-state index >= 15 is 0 Å². The fraction of sp³-hybridized carbons (Fsp3) is 0.444. The van der Waals surface area contributed by atoms with E-state index in [2.05, 4.69) is 52.3 Å². The third kappa shape index (κ3) is 2.48. The first-order valence-electron chi connectivity index (χ1n) is 9.64. The molecule has 2 aliphatic rings. The van der Waals surface area contributed by atoms with Gasteiger partial charge in [0.05, 0.1) is 11.4 Å². The second kappa shape index (κ2) is 5.85. The molecule has 142 valence electrons. The molecule has 28 heavy (non-hydrogen) atoms. The zero-order valence-electron chi connectivity index (χ0n) is 15.6. The molecule has 1 saturated carbocycles. The molecule has 0 atom stereocenters. The maximum Gasteiger partial charge on any atom is 0.254 e. The van der Waals surface area contributed by atoms with Crippen LogP contribution in [0.2, 0.25) is 0 Å². The number of anilines is 2. The Balaban J connectivity index is 1.30. The van der Waals surface area contributed by atoms with Crippen LogP contribution in [0, 0.1) is 6.92 Å². The van der Waals surface area contributed by atoms with Crippen molar-refractivity contribution in [1.82, 2.24) is 39.4 Å². The largest absolute Gasteiger partial charge is 0.365 e. The minimum atomic E-state index is 0.590. The molecular formula is C18H20N10. The molecule has 4 aromatic heterocycles. The molecule has 5 heterocycles. The van der Waals surface area contributed by atoms with Crippen LogP contribution in [0.5, 0.6) is 0 Å². The monoisotopic (exact) mass is 376 g/mol. The van der Waals surface area contributed by atoms with Crippen molar-refractivity contribution < 1.29 is 0 Å². The van der Waals surface area contributed by atoms with E-state index in [0.717, 1.165) is 54.7 Å². The highest BCUT2D eigenvalue weighted by molar-refractivity contribution is 5.69. The fourth-order valence-corrected chi connectivity index (χ4v) is 3.95. The van der Waals surface area contributed by atoms with E-state index in [1.807, 2.05) is 16.0 Å². The summed E-state index contributed by atoms with van der Waals surface area (Å²) in [5.41, 5.74) is 4.06. The summed E-state index contributed by atoms with van der Waals surface area (Å²) in [6.45, 7) is 5.56. The van der Waals surface area contributed by atoms with Crippen LogP contribution in [0.15, 0.2) is 24.8 Å². The van der Waals surface area contributed by atoms with Crippen molar-refractivity contribution in [2.75, 3.05) is 36.0 Å². The van der Waals surface area contributed by atoms with Crippen molar-refractivity contribution in [1.29, 1.82) is 0 Å². The van der Waals surface area contributed by atoms with E-state index in [1.54, 1.807) is 12.7 Å². The number of aromatic nitrogens is 8. The van der Waals surface area contributed by atoms with Gasteiger partial charge in [0.2, 0.25) is 5.65 Å². The predicted molar refractivity (Wildman–Crippen MR) is 103 cm³/mol. The number of hydrogen-bond acceptors (Lipinski definition) is 8. The van der Waals surface area contributed by atoms with Crippen LogP contribution in [-0.2, 0) is 0 Å². The summed E-state index contributed by atoms with van der Waals surface area (Å²) in [6, 6.07) is 4.29. The Hall–Kier alpha value is -3.30. The summed E-state index contributed by atoms with van der Waals surface area (Å²) in [5.74, 6) is 2.28. The van der Waals surface area contributed by atoms with E-state index < -0.39 is 0 Å². The molecule has 4 aromatic rings. The molecule has 10 heteroatoms. The maximum atomic E-state index is 4.68. The molecule has 0 unspecified atom stereocenters. The van der Waals surface area contributed by atoms with Crippen LogP contribution < -0.4 is 9.80 Å². The Morgan fingerprint density at radius 2 is 1.86 bits per heavy atom. The lowest BCUT2D eigenvalue weighted by molar-refractivity contribution is 0.637. The summed E-state index contributed by atoms with van der Waals surface area (Å²) in [6.07, 6.45) is 5.70. The summed E-state index contributed by atoms with van der Waals surface area (Å²) in [5, 5.41) is 17.4. The van der Waals surface area contributed by atoms with E-state index in [-0.39, 0.29) is 0 Å². The Morgan fingerprint density at radius 1 is 1.04 bits per heavy atom. The van der Waals surface area contributed by atoms with Crippen LogP contribution in [-0.4, -0.2) is 65.6 Å². The first-order valence-corrected chi connectivity index (χ1v) is 9.64. The lowest BCUT2D eigenvalue weighted by Gasteiger charge is -2.37. The molecule has 0 amide bonds. The summed E-state index contributed by atoms with van der Waals surface area (Å²) in [4.78, 5) is 13.4. The molecule has 0 spiro atoms. The normalized spacial score (nSPS) is 17.8. The van der Waals surface area contributed by atoms with Gasteiger partial charge in [0.15, 0.2) is 0 Å². The van der Waals surface area contributed by atoms with Gasteiger partial charge in [-0.05, 0) is 25.8 Å². The van der Waals surface area contributed by atoms with Crippen molar-refractivity contribution >= 4 is 22.9 Å². The van der Waals surface area contributed by atoms with E-state index in [9.17, 15) is 0 Å². The smallest absolute Gasteiger partial charge is 0.254 e. The molecule has 10 nitrogen and oxygen atoms in total. The van der Waals surface area contributed by atoms with Gasteiger partial charge in [-0.3, -0.25) is 0 Å². The van der Waals surface area contributed by atoms with Gasteiger partial charge in [-0.15, -0.1) is 10.2 Å². The van der Waals surface area contributed by atoms with Crippen molar-refractivity contribution in [2.24, 2.45) is 0 Å². The van der Waals surface area contributed by atoms with Crippen molar-refractivity contribution in [3.8, 4) is 0 Å². The quantitative estimate of drug-likeness (QED) is 0.524. The first kappa shape index (κ1) is 15.7. The maximum absolute atomic E-state index is 4.68. The highest BCUT2D eigenvalue weighted by Crippen LogP contribution is 2.40. The van der Waals surface area contributed by atoms with Gasteiger partial charge in [-0.1, -0.05) is 0 Å². The van der Waals surface area contributed by atoms with Crippen LogP contribution >= 0.6 is 0 Å². The molecule has 1 aliphatic heterocycles. The van der Waals surface area contributed by atoms with Gasteiger partial charge in [0.1, 0.15) is 18.5 Å². The molecule has 1 aliphatic carbocycles. The predicted octanol–water partition coefficient (Wildman–Crippen LogP) is 1.07.